The van der Waals surface area contributed by atoms with Crippen LogP contribution < -0.4 is 9.47 Å². The summed E-state index contributed by atoms with van der Waals surface area (Å²) < 4.78 is 39.8. The van der Waals surface area contributed by atoms with E-state index >= 15 is 0 Å². The first kappa shape index (κ1) is 40.2. The molecule has 0 bridgehead atoms. The number of halogens is 2. The van der Waals surface area contributed by atoms with Crippen LogP contribution in [0.25, 0.3) is 0 Å². The molecule has 0 radical (unpaired) electrons. The molecule has 4 saturated heterocycles. The Morgan fingerprint density at radius 3 is 1.28 bits per heavy atom. The van der Waals surface area contributed by atoms with Gasteiger partial charge < -0.3 is 29.1 Å². The molecule has 2 aromatic rings. The number of likely N-dealkylation sites (tertiary alicyclic amines) is 4. The molecule has 2 amide bonds. The maximum Gasteiger partial charge on any atom is 0.260 e. The van der Waals surface area contributed by atoms with E-state index in [1.54, 1.807) is 9.80 Å². The highest BCUT2D eigenvalue weighted by Crippen LogP contribution is 2.53. The summed E-state index contributed by atoms with van der Waals surface area (Å²) >= 11 is 0. The molecule has 4 saturated carbocycles. The van der Waals surface area contributed by atoms with Gasteiger partial charge in [0.2, 0.25) is 0 Å². The topological polar surface area (TPSA) is 65.6 Å². The smallest absolute Gasteiger partial charge is 0.260 e. The molecule has 10 rings (SSSR count). The molecule has 10 heteroatoms. The van der Waals surface area contributed by atoms with Crippen LogP contribution in [0, 0.1) is 10.8 Å². The highest BCUT2D eigenvalue weighted by atomic mass is 19.1. The van der Waals surface area contributed by atoms with Crippen molar-refractivity contribution in [2.24, 2.45) is 10.8 Å². The number of amides is 2. The molecule has 2 atom stereocenters. The summed E-state index contributed by atoms with van der Waals surface area (Å²) in [6.07, 6.45) is 13.6. The average Bonchev–Trinajstić information content (AvgIpc) is 4.04. The Morgan fingerprint density at radius 2 is 0.931 bits per heavy atom. The molecule has 8 nitrogen and oxygen atoms in total. The predicted molar refractivity (Wildman–Crippen MR) is 222 cm³/mol. The average molecular weight is 801 g/mol. The lowest BCUT2D eigenvalue weighted by Crippen LogP contribution is -2.60. The SMILES string of the molecule is CCOc1ccccc1C1CCN([C@@H]2CCC3(C2)CN(C(=O)C2(F)CC2)C3)CC1.CCOc1ccccc1C1CCN([C@H]2CCC3(C2)CN(C(=O)C2(F)CC2)C3)CC1. The van der Waals surface area contributed by atoms with E-state index in [1.165, 1.54) is 75.3 Å². The summed E-state index contributed by atoms with van der Waals surface area (Å²) in [5.74, 6) is 2.80. The Hall–Kier alpha value is -3.24. The Labute approximate surface area is 345 Å². The second-order valence-electron chi connectivity index (χ2n) is 19.6. The lowest BCUT2D eigenvalue weighted by molar-refractivity contribution is -0.151. The Kier molecular flexibility index (Phi) is 11.1. The van der Waals surface area contributed by atoms with Crippen LogP contribution >= 0.6 is 0 Å². The van der Waals surface area contributed by atoms with Gasteiger partial charge in [0.25, 0.3) is 11.8 Å². The van der Waals surface area contributed by atoms with Crippen molar-refractivity contribution in [1.82, 2.24) is 19.6 Å². The summed E-state index contributed by atoms with van der Waals surface area (Å²) in [7, 11) is 0. The van der Waals surface area contributed by atoms with Crippen LogP contribution in [0.1, 0.15) is 127 Å². The molecule has 58 heavy (non-hydrogen) atoms. The molecule has 2 aromatic carbocycles. The Morgan fingerprint density at radius 1 is 0.569 bits per heavy atom. The largest absolute Gasteiger partial charge is 0.494 e. The molecule has 8 fully saturated rings. The van der Waals surface area contributed by atoms with Crippen LogP contribution in [0.2, 0.25) is 0 Å². The fourth-order valence-electron chi connectivity index (χ4n) is 11.9. The van der Waals surface area contributed by atoms with E-state index in [4.69, 9.17) is 9.47 Å². The quantitative estimate of drug-likeness (QED) is 0.241. The van der Waals surface area contributed by atoms with Crippen molar-refractivity contribution in [3.05, 3.63) is 59.7 Å². The van der Waals surface area contributed by atoms with Crippen molar-refractivity contribution in [3.8, 4) is 11.5 Å². The second-order valence-corrected chi connectivity index (χ2v) is 19.6. The first-order valence-electron chi connectivity index (χ1n) is 22.9. The summed E-state index contributed by atoms with van der Waals surface area (Å²) in [6, 6.07) is 18.3. The Balaban J connectivity index is 0.000000150. The number of benzene rings is 2. The number of carbonyl (C=O) groups is 2. The number of hydrogen-bond donors (Lipinski definition) is 0. The first-order valence-corrected chi connectivity index (χ1v) is 22.9. The number of hydrogen-bond acceptors (Lipinski definition) is 6. The van der Waals surface area contributed by atoms with E-state index in [2.05, 4.69) is 58.3 Å². The third-order valence-electron chi connectivity index (χ3n) is 15.6. The molecule has 2 spiro atoms. The van der Waals surface area contributed by atoms with Crippen molar-refractivity contribution < 1.29 is 27.8 Å². The van der Waals surface area contributed by atoms with E-state index < -0.39 is 11.3 Å². The number of piperidine rings is 2. The molecule has 316 valence electrons. The van der Waals surface area contributed by atoms with Crippen LogP contribution in [-0.2, 0) is 9.59 Å². The highest BCUT2D eigenvalue weighted by Gasteiger charge is 2.60. The molecule has 4 heterocycles. The van der Waals surface area contributed by atoms with Crippen molar-refractivity contribution in [3.63, 3.8) is 0 Å². The summed E-state index contributed by atoms with van der Waals surface area (Å²) in [4.78, 5) is 33.3. The zero-order chi connectivity index (χ0) is 40.1. The second kappa shape index (κ2) is 16.0. The van der Waals surface area contributed by atoms with Gasteiger partial charge in [0.05, 0.1) is 13.2 Å². The molecule has 4 aliphatic carbocycles. The van der Waals surface area contributed by atoms with Gasteiger partial charge in [-0.15, -0.1) is 0 Å². The van der Waals surface area contributed by atoms with Crippen LogP contribution in [0.15, 0.2) is 48.5 Å². The van der Waals surface area contributed by atoms with Gasteiger partial charge in [-0.2, -0.15) is 0 Å². The molecule has 8 aliphatic rings. The maximum absolute atomic E-state index is 14.1. The molecular formula is C48H66F2N4O4. The molecule has 0 unspecified atom stereocenters. The van der Waals surface area contributed by atoms with Crippen LogP contribution in [0.3, 0.4) is 0 Å². The lowest BCUT2D eigenvalue weighted by atomic mass is 9.77. The van der Waals surface area contributed by atoms with E-state index in [9.17, 15) is 18.4 Å². The van der Waals surface area contributed by atoms with Crippen molar-refractivity contribution in [1.29, 1.82) is 0 Å². The van der Waals surface area contributed by atoms with Crippen LogP contribution in [0.5, 0.6) is 11.5 Å². The van der Waals surface area contributed by atoms with E-state index in [-0.39, 0.29) is 22.6 Å². The van der Waals surface area contributed by atoms with E-state index in [0.717, 1.165) is 63.9 Å². The number of rotatable bonds is 10. The number of para-hydroxylation sites is 2. The minimum Gasteiger partial charge on any atom is -0.494 e. The van der Waals surface area contributed by atoms with Gasteiger partial charge in [-0.3, -0.25) is 9.59 Å². The van der Waals surface area contributed by atoms with Crippen molar-refractivity contribution in [2.75, 3.05) is 65.6 Å². The fraction of sp³-hybridized carbons (Fsp3) is 0.708. The lowest BCUT2D eigenvalue weighted by Gasteiger charge is -2.49. The van der Waals surface area contributed by atoms with E-state index in [0.29, 0.717) is 62.8 Å². The number of ether oxygens (including phenoxy) is 2. The Bertz CT molecular complexity index is 1660. The molecule has 4 aliphatic heterocycles. The summed E-state index contributed by atoms with van der Waals surface area (Å²) in [5.41, 5.74) is 0.266. The van der Waals surface area contributed by atoms with Crippen molar-refractivity contribution >= 4 is 11.8 Å². The minimum absolute atomic E-state index is 0.236. The summed E-state index contributed by atoms with van der Waals surface area (Å²) in [5, 5.41) is 0. The zero-order valence-corrected chi connectivity index (χ0v) is 35.1. The van der Waals surface area contributed by atoms with Gasteiger partial charge in [0.15, 0.2) is 11.3 Å². The van der Waals surface area contributed by atoms with Gasteiger partial charge in [-0.25, -0.2) is 8.78 Å². The predicted octanol–water partition coefficient (Wildman–Crippen LogP) is 8.30. The first-order chi connectivity index (χ1) is 28.0. The summed E-state index contributed by atoms with van der Waals surface area (Å²) in [6.45, 7) is 13.2. The third kappa shape index (κ3) is 8.02. The minimum atomic E-state index is -1.50. The monoisotopic (exact) mass is 801 g/mol. The van der Waals surface area contributed by atoms with Gasteiger partial charge in [-0.05, 0) is 165 Å². The molecular weight excluding hydrogens is 735 g/mol. The standard InChI is InChI=1S/2C24H33FN2O2/c2*1-2-29-21-6-4-3-5-20(21)18-8-13-26(14-9-18)19-7-10-23(15-19)16-27(17-23)22(28)24(25)11-12-24/h2*3-6,18-19H,2,7-17H2,1H3/t2*19-/m10/s1. The molecule has 0 N–H and O–H groups in total. The fourth-order valence-corrected chi connectivity index (χ4v) is 11.9. The number of alkyl halides is 2. The third-order valence-corrected chi connectivity index (χ3v) is 15.6. The van der Waals surface area contributed by atoms with Gasteiger partial charge in [-0.1, -0.05) is 36.4 Å². The van der Waals surface area contributed by atoms with E-state index in [1.807, 2.05) is 13.8 Å². The van der Waals surface area contributed by atoms with Crippen LogP contribution in [0.4, 0.5) is 8.78 Å². The highest BCUT2D eigenvalue weighted by molar-refractivity contribution is 5.89. The zero-order valence-electron chi connectivity index (χ0n) is 35.1. The maximum atomic E-state index is 14.1. The number of nitrogens with zero attached hydrogens (tertiary/aromatic N) is 4. The van der Waals surface area contributed by atoms with Gasteiger partial charge in [0, 0.05) is 49.1 Å². The van der Waals surface area contributed by atoms with Crippen molar-refractivity contribution in [2.45, 2.75) is 139 Å². The van der Waals surface area contributed by atoms with Gasteiger partial charge >= 0.3 is 0 Å². The van der Waals surface area contributed by atoms with Gasteiger partial charge in [0.1, 0.15) is 11.5 Å². The normalized spacial score (nSPS) is 28.3. The number of carbonyl (C=O) groups excluding carboxylic acids is 2. The van der Waals surface area contributed by atoms with Crippen LogP contribution in [-0.4, -0.2) is 120 Å². The molecule has 0 aromatic heterocycles.